The third kappa shape index (κ3) is 2.72. The maximum absolute atomic E-state index is 12.7. The van der Waals surface area contributed by atoms with E-state index in [0.29, 0.717) is 16.2 Å². The molecule has 0 atom stereocenters. The van der Waals surface area contributed by atoms with Gasteiger partial charge in [-0.2, -0.15) is 0 Å². The largest absolute Gasteiger partial charge is 0.332 e. The molecule has 0 spiro atoms. The second kappa shape index (κ2) is 4.77. The van der Waals surface area contributed by atoms with Gasteiger partial charge in [-0.25, -0.2) is 4.79 Å². The normalized spacial score (nSPS) is 42.8. The zero-order valence-corrected chi connectivity index (χ0v) is 15.5. The highest BCUT2D eigenvalue weighted by molar-refractivity contribution is 5.89. The molecule has 4 bridgehead atoms. The van der Waals surface area contributed by atoms with Crippen molar-refractivity contribution in [3.63, 3.8) is 0 Å². The summed E-state index contributed by atoms with van der Waals surface area (Å²) in [6.07, 6.45) is 7.35. The van der Waals surface area contributed by atoms with Crippen LogP contribution < -0.4 is 10.6 Å². The van der Waals surface area contributed by atoms with Crippen LogP contribution in [-0.2, 0) is 0 Å². The van der Waals surface area contributed by atoms with Crippen molar-refractivity contribution in [3.8, 4) is 0 Å². The molecule has 0 aromatic heterocycles. The minimum atomic E-state index is -0.0448. The molecule has 1 aromatic carbocycles. The van der Waals surface area contributed by atoms with Crippen molar-refractivity contribution < 1.29 is 4.79 Å². The van der Waals surface area contributed by atoms with Crippen molar-refractivity contribution in [1.82, 2.24) is 5.32 Å². The van der Waals surface area contributed by atoms with Gasteiger partial charge in [0.2, 0.25) is 0 Å². The molecule has 0 radical (unpaired) electrons. The molecule has 24 heavy (non-hydrogen) atoms. The second-order valence-corrected chi connectivity index (χ2v) is 10.2. The maximum Gasteiger partial charge on any atom is 0.319 e. The molecule has 4 aliphatic rings. The number of rotatable bonds is 2. The monoisotopic (exact) mass is 326 g/mol. The Kier molecular flexibility index (Phi) is 3.18. The van der Waals surface area contributed by atoms with E-state index in [2.05, 4.69) is 38.3 Å². The second-order valence-electron chi connectivity index (χ2n) is 10.2. The molecular formula is C21H30N2O. The van der Waals surface area contributed by atoms with Crippen molar-refractivity contribution in [1.29, 1.82) is 0 Å². The van der Waals surface area contributed by atoms with Gasteiger partial charge in [0.05, 0.1) is 0 Å². The number of nitrogens with one attached hydrogen (secondary N) is 2. The average molecular weight is 326 g/mol. The van der Waals surface area contributed by atoms with Crippen LogP contribution in [0.15, 0.2) is 24.3 Å². The van der Waals surface area contributed by atoms with Crippen LogP contribution in [0.5, 0.6) is 0 Å². The van der Waals surface area contributed by atoms with Gasteiger partial charge in [0, 0.05) is 11.2 Å². The number of carbonyl (C=O) groups excluding carboxylic acids is 1. The Balaban J connectivity index is 1.53. The molecule has 0 unspecified atom stereocenters. The van der Waals surface area contributed by atoms with E-state index in [9.17, 15) is 4.79 Å². The molecule has 2 amide bonds. The summed E-state index contributed by atoms with van der Waals surface area (Å²) in [5.41, 5.74) is 3.20. The van der Waals surface area contributed by atoms with Crippen molar-refractivity contribution in [3.05, 3.63) is 29.8 Å². The Morgan fingerprint density at radius 3 is 1.75 bits per heavy atom. The van der Waals surface area contributed by atoms with Crippen LogP contribution in [0.2, 0.25) is 0 Å². The highest BCUT2D eigenvalue weighted by atomic mass is 16.2. The van der Waals surface area contributed by atoms with Crippen molar-refractivity contribution in [2.75, 3.05) is 5.32 Å². The van der Waals surface area contributed by atoms with Crippen molar-refractivity contribution in [2.24, 2.45) is 16.2 Å². The van der Waals surface area contributed by atoms with Gasteiger partial charge in [0.15, 0.2) is 0 Å². The Morgan fingerprint density at radius 2 is 1.29 bits per heavy atom. The minimum absolute atomic E-state index is 0.0260. The molecule has 3 nitrogen and oxygen atoms in total. The summed E-state index contributed by atoms with van der Waals surface area (Å²) in [5.74, 6) is 0. The SMILES string of the molecule is Cc1ccc(NC(=O)NC23CC4(C)CC(C)(CC(C)(C4)C2)C3)cc1. The van der Waals surface area contributed by atoms with E-state index in [0.717, 1.165) is 24.9 Å². The lowest BCUT2D eigenvalue weighted by Gasteiger charge is -2.69. The average Bonchev–Trinajstić information content (AvgIpc) is 2.34. The minimum Gasteiger partial charge on any atom is -0.332 e. The first kappa shape index (κ1) is 16.0. The number of carbonyl (C=O) groups is 1. The molecule has 4 fully saturated rings. The molecule has 2 N–H and O–H groups in total. The number of benzene rings is 1. The Hall–Kier alpha value is -1.51. The fourth-order valence-corrected chi connectivity index (χ4v) is 7.46. The van der Waals surface area contributed by atoms with E-state index in [1.165, 1.54) is 24.8 Å². The summed E-state index contributed by atoms with van der Waals surface area (Å²) in [6.45, 7) is 9.38. The first-order valence-corrected chi connectivity index (χ1v) is 9.27. The predicted molar refractivity (Wildman–Crippen MR) is 98.1 cm³/mol. The fraction of sp³-hybridized carbons (Fsp3) is 0.667. The number of hydrogen-bond acceptors (Lipinski definition) is 1. The van der Waals surface area contributed by atoms with E-state index >= 15 is 0 Å². The summed E-state index contributed by atoms with van der Waals surface area (Å²) in [5, 5.41) is 6.44. The number of anilines is 1. The first-order chi connectivity index (χ1) is 11.1. The number of aryl methyl sites for hydroxylation is 1. The zero-order valence-electron chi connectivity index (χ0n) is 15.5. The van der Waals surface area contributed by atoms with Gasteiger partial charge in [0.25, 0.3) is 0 Å². The van der Waals surface area contributed by atoms with Gasteiger partial charge < -0.3 is 10.6 Å². The van der Waals surface area contributed by atoms with Crippen LogP contribution in [-0.4, -0.2) is 11.6 Å². The quantitative estimate of drug-likeness (QED) is 0.765. The van der Waals surface area contributed by atoms with Crippen LogP contribution in [0, 0.1) is 23.2 Å². The molecule has 0 heterocycles. The fourth-order valence-electron chi connectivity index (χ4n) is 7.46. The molecule has 130 valence electrons. The van der Waals surface area contributed by atoms with Crippen molar-refractivity contribution >= 4 is 11.7 Å². The molecule has 0 aliphatic heterocycles. The van der Waals surface area contributed by atoms with Crippen LogP contribution in [0.1, 0.15) is 64.9 Å². The number of urea groups is 1. The van der Waals surface area contributed by atoms with Crippen LogP contribution in [0.4, 0.5) is 10.5 Å². The lowest BCUT2D eigenvalue weighted by atomic mass is 9.38. The van der Waals surface area contributed by atoms with Crippen molar-refractivity contribution in [2.45, 2.75) is 71.8 Å². The highest BCUT2D eigenvalue weighted by Gasteiger charge is 2.64. The highest BCUT2D eigenvalue weighted by Crippen LogP contribution is 2.70. The van der Waals surface area contributed by atoms with Crippen LogP contribution in [0.25, 0.3) is 0 Å². The van der Waals surface area contributed by atoms with E-state index < -0.39 is 0 Å². The molecular weight excluding hydrogens is 296 g/mol. The molecule has 1 aromatic rings. The maximum atomic E-state index is 12.7. The van der Waals surface area contributed by atoms with E-state index in [4.69, 9.17) is 0 Å². The summed E-state index contributed by atoms with van der Waals surface area (Å²) in [6, 6.07) is 7.96. The van der Waals surface area contributed by atoms with E-state index in [1.807, 2.05) is 24.3 Å². The van der Waals surface area contributed by atoms with Gasteiger partial charge in [-0.3, -0.25) is 0 Å². The lowest BCUT2D eigenvalue weighted by molar-refractivity contribution is -0.154. The Labute approximate surface area is 145 Å². The van der Waals surface area contributed by atoms with Gasteiger partial charge in [-0.05, 0) is 73.8 Å². The van der Waals surface area contributed by atoms with Gasteiger partial charge in [-0.15, -0.1) is 0 Å². The number of amides is 2. The Bertz CT molecular complexity index is 624. The predicted octanol–water partition coefficient (Wildman–Crippen LogP) is 5.26. The van der Waals surface area contributed by atoms with E-state index in [1.54, 1.807) is 0 Å². The lowest BCUT2D eigenvalue weighted by Crippen LogP contribution is -2.68. The standard InChI is InChI=1S/C21H30N2O/c1-15-5-7-16(8-6-15)22-17(24)23-21-12-18(2)9-19(3,13-21)11-20(4,10-18)14-21/h5-8H,9-14H2,1-4H3,(H2,22,23,24). The Morgan fingerprint density at radius 1 is 0.833 bits per heavy atom. The van der Waals surface area contributed by atoms with Crippen LogP contribution in [0.3, 0.4) is 0 Å². The number of hydrogen-bond donors (Lipinski definition) is 2. The molecule has 3 heteroatoms. The first-order valence-electron chi connectivity index (χ1n) is 9.27. The summed E-state index contributed by atoms with van der Waals surface area (Å²) >= 11 is 0. The third-order valence-corrected chi connectivity index (χ3v) is 6.54. The van der Waals surface area contributed by atoms with Gasteiger partial charge in [0.1, 0.15) is 0 Å². The topological polar surface area (TPSA) is 41.1 Å². The van der Waals surface area contributed by atoms with E-state index in [-0.39, 0.29) is 11.6 Å². The van der Waals surface area contributed by atoms with Crippen LogP contribution >= 0.6 is 0 Å². The molecule has 4 saturated carbocycles. The summed E-state index contributed by atoms with van der Waals surface area (Å²) in [7, 11) is 0. The summed E-state index contributed by atoms with van der Waals surface area (Å²) in [4.78, 5) is 12.7. The van der Waals surface area contributed by atoms with Gasteiger partial charge in [-0.1, -0.05) is 38.5 Å². The van der Waals surface area contributed by atoms with Gasteiger partial charge >= 0.3 is 6.03 Å². The zero-order chi connectivity index (χ0) is 17.2. The third-order valence-electron chi connectivity index (χ3n) is 6.54. The summed E-state index contributed by atoms with van der Waals surface area (Å²) < 4.78 is 0. The molecule has 4 aliphatic carbocycles. The molecule has 0 saturated heterocycles. The molecule has 5 rings (SSSR count). The smallest absolute Gasteiger partial charge is 0.319 e.